The quantitative estimate of drug-likeness (QED) is 0.673. The molecular formula is C7H5BrFNO2S. The van der Waals surface area contributed by atoms with Crippen molar-refractivity contribution >= 4 is 33.7 Å². The number of hydrogen-bond acceptors (Lipinski definition) is 3. The summed E-state index contributed by atoms with van der Waals surface area (Å²) < 4.78 is 19.8. The third-order valence-electron chi connectivity index (χ3n) is 1.06. The largest absolute Gasteiger partial charge is 0.481 e. The summed E-state index contributed by atoms with van der Waals surface area (Å²) in [7, 11) is 0. The van der Waals surface area contributed by atoms with Gasteiger partial charge in [0.2, 0.25) is 0 Å². The van der Waals surface area contributed by atoms with Gasteiger partial charge in [0.15, 0.2) is 5.82 Å². The maximum Gasteiger partial charge on any atom is 0.313 e. The van der Waals surface area contributed by atoms with Gasteiger partial charge >= 0.3 is 5.97 Å². The second-order valence-electron chi connectivity index (χ2n) is 2.00. The van der Waals surface area contributed by atoms with Crippen LogP contribution < -0.4 is 0 Å². The van der Waals surface area contributed by atoms with Gasteiger partial charge in [0.05, 0.1) is 12.1 Å². The van der Waals surface area contributed by atoms with E-state index in [1.807, 2.05) is 0 Å². The van der Waals surface area contributed by atoms with E-state index in [1.165, 1.54) is 6.07 Å². The summed E-state index contributed by atoms with van der Waals surface area (Å²) in [5, 5.41) is 8.74. The van der Waals surface area contributed by atoms with Gasteiger partial charge in [-0.25, -0.2) is 9.37 Å². The van der Waals surface area contributed by atoms with Gasteiger partial charge in [-0.2, -0.15) is 0 Å². The number of halogens is 2. The highest BCUT2D eigenvalue weighted by Gasteiger charge is 2.04. The normalized spacial score (nSPS) is 13.5. The van der Waals surface area contributed by atoms with Crippen LogP contribution in [0.1, 0.15) is 1.37 Å². The number of carboxylic acids is 1. The van der Waals surface area contributed by atoms with Gasteiger partial charge in [-0.05, 0) is 28.1 Å². The lowest BCUT2D eigenvalue weighted by Crippen LogP contribution is -1.98. The Balaban J connectivity index is 2.78. The van der Waals surface area contributed by atoms with Crippen molar-refractivity contribution in [2.24, 2.45) is 0 Å². The Morgan fingerprint density at radius 3 is 3.08 bits per heavy atom. The average Bonchev–Trinajstić information content (AvgIpc) is 2.11. The second-order valence-corrected chi connectivity index (χ2v) is 3.64. The summed E-state index contributed by atoms with van der Waals surface area (Å²) in [6, 6.07) is 2.49. The Labute approximate surface area is 87.9 Å². The molecule has 0 aliphatic carbocycles. The molecule has 1 atom stereocenters. The fourth-order valence-electron chi connectivity index (χ4n) is 0.577. The van der Waals surface area contributed by atoms with Crippen LogP contribution in [-0.2, 0) is 4.79 Å². The lowest BCUT2D eigenvalue weighted by atomic mass is 10.5. The molecular weight excluding hydrogens is 261 g/mol. The Hall–Kier alpha value is -0.620. The minimum atomic E-state index is -1.35. The van der Waals surface area contributed by atoms with E-state index in [9.17, 15) is 9.18 Å². The number of aromatic nitrogens is 1. The zero-order valence-electron chi connectivity index (χ0n) is 7.20. The molecule has 1 unspecified atom stereocenters. The van der Waals surface area contributed by atoms with Crippen molar-refractivity contribution in [3.63, 3.8) is 0 Å². The van der Waals surface area contributed by atoms with Crippen LogP contribution in [0.25, 0.3) is 0 Å². The molecule has 0 bridgehead atoms. The predicted molar refractivity (Wildman–Crippen MR) is 50.3 cm³/mol. The zero-order valence-corrected chi connectivity index (χ0v) is 8.60. The first-order valence-electron chi connectivity index (χ1n) is 3.72. The molecule has 0 radical (unpaired) electrons. The molecule has 0 saturated carbocycles. The Kier molecular flexibility index (Phi) is 3.15. The number of thioether (sulfide) groups is 1. The van der Waals surface area contributed by atoms with Crippen LogP contribution in [0.15, 0.2) is 21.8 Å². The van der Waals surface area contributed by atoms with Crippen LogP contribution in [0, 0.1) is 5.82 Å². The first-order valence-corrected chi connectivity index (χ1v) is 4.81. The molecule has 6 heteroatoms. The van der Waals surface area contributed by atoms with Crippen molar-refractivity contribution in [3.8, 4) is 0 Å². The number of nitrogens with zero attached hydrogens (tertiary/aromatic N) is 1. The highest BCUT2D eigenvalue weighted by atomic mass is 79.9. The van der Waals surface area contributed by atoms with Crippen LogP contribution in [0.2, 0.25) is 0 Å². The number of pyridine rings is 1. The van der Waals surface area contributed by atoms with E-state index in [2.05, 4.69) is 20.9 Å². The third-order valence-corrected chi connectivity index (χ3v) is 2.40. The standard InChI is InChI=1S/C7H5BrFNO2S/c8-7-4(9)1-2-5(10-7)13-3-6(11)12/h1-2H,3H2,(H,11,12)/i3D. The lowest BCUT2D eigenvalue weighted by Gasteiger charge is -1.98. The van der Waals surface area contributed by atoms with Crippen LogP contribution in [0.3, 0.4) is 0 Å². The van der Waals surface area contributed by atoms with E-state index >= 15 is 0 Å². The van der Waals surface area contributed by atoms with E-state index in [0.29, 0.717) is 5.03 Å². The SMILES string of the molecule is [2H]C(Sc1ccc(F)c(Br)n1)C(=O)O. The number of hydrogen-bond donors (Lipinski definition) is 1. The molecule has 70 valence electrons. The average molecular weight is 267 g/mol. The van der Waals surface area contributed by atoms with Crippen molar-refractivity contribution < 1.29 is 15.7 Å². The maximum atomic E-state index is 12.7. The lowest BCUT2D eigenvalue weighted by molar-refractivity contribution is -0.133. The minimum Gasteiger partial charge on any atom is -0.481 e. The fraction of sp³-hybridized carbons (Fsp3) is 0.143. The predicted octanol–water partition coefficient (Wildman–Crippen LogP) is 2.16. The first kappa shape index (κ1) is 8.96. The molecule has 0 amide bonds. The van der Waals surface area contributed by atoms with Crippen molar-refractivity contribution in [1.29, 1.82) is 0 Å². The Morgan fingerprint density at radius 1 is 1.85 bits per heavy atom. The summed E-state index contributed by atoms with van der Waals surface area (Å²) in [4.78, 5) is 14.0. The minimum absolute atomic E-state index is 0.0140. The van der Waals surface area contributed by atoms with Crippen LogP contribution in [-0.4, -0.2) is 21.8 Å². The monoisotopic (exact) mass is 266 g/mol. The van der Waals surface area contributed by atoms with E-state index in [-0.39, 0.29) is 4.60 Å². The molecule has 3 nitrogen and oxygen atoms in total. The molecule has 0 aromatic carbocycles. The zero-order chi connectivity index (χ0) is 10.7. The van der Waals surface area contributed by atoms with Crippen molar-refractivity contribution in [1.82, 2.24) is 4.98 Å². The summed E-state index contributed by atoms with van der Waals surface area (Å²) in [5.41, 5.74) is -1.35. The molecule has 1 aromatic rings. The van der Waals surface area contributed by atoms with Gasteiger partial charge in [0, 0.05) is 0 Å². The summed E-state index contributed by atoms with van der Waals surface area (Å²) in [6.45, 7) is 0. The molecule has 1 N–H and O–H groups in total. The van der Waals surface area contributed by atoms with E-state index in [4.69, 9.17) is 6.48 Å². The van der Waals surface area contributed by atoms with Gasteiger partial charge in [-0.3, -0.25) is 4.79 Å². The van der Waals surface area contributed by atoms with Gasteiger partial charge in [-0.1, -0.05) is 11.8 Å². The fourth-order valence-corrected chi connectivity index (χ4v) is 1.53. The van der Waals surface area contributed by atoms with Crippen LogP contribution in [0.4, 0.5) is 4.39 Å². The summed E-state index contributed by atoms with van der Waals surface area (Å²) >= 11 is 3.60. The third kappa shape index (κ3) is 3.31. The molecule has 1 aromatic heterocycles. The van der Waals surface area contributed by atoms with Crippen molar-refractivity contribution in [3.05, 3.63) is 22.6 Å². The molecule has 13 heavy (non-hydrogen) atoms. The van der Waals surface area contributed by atoms with Gasteiger partial charge in [0.1, 0.15) is 4.60 Å². The molecule has 0 aliphatic heterocycles. The van der Waals surface area contributed by atoms with Gasteiger partial charge in [0.25, 0.3) is 0 Å². The number of rotatable bonds is 3. The molecule has 1 rings (SSSR count). The molecule has 0 fully saturated rings. The van der Waals surface area contributed by atoms with Crippen LogP contribution in [0.5, 0.6) is 0 Å². The molecule has 0 spiro atoms. The Morgan fingerprint density at radius 2 is 2.54 bits per heavy atom. The van der Waals surface area contributed by atoms with Crippen LogP contribution >= 0.6 is 27.7 Å². The smallest absolute Gasteiger partial charge is 0.313 e. The highest BCUT2D eigenvalue weighted by Crippen LogP contribution is 2.19. The van der Waals surface area contributed by atoms with Gasteiger partial charge in [-0.15, -0.1) is 0 Å². The van der Waals surface area contributed by atoms with Crippen molar-refractivity contribution in [2.45, 2.75) is 5.03 Å². The van der Waals surface area contributed by atoms with Crippen molar-refractivity contribution in [2.75, 3.05) is 5.73 Å². The number of aliphatic carboxylic acids is 1. The maximum absolute atomic E-state index is 12.7. The number of carbonyl (C=O) groups is 1. The molecule has 1 heterocycles. The van der Waals surface area contributed by atoms with E-state index < -0.39 is 17.5 Å². The molecule has 0 saturated heterocycles. The second kappa shape index (κ2) is 4.57. The van der Waals surface area contributed by atoms with E-state index in [1.54, 1.807) is 0 Å². The van der Waals surface area contributed by atoms with E-state index in [0.717, 1.165) is 17.8 Å². The highest BCUT2D eigenvalue weighted by molar-refractivity contribution is 9.10. The topological polar surface area (TPSA) is 50.2 Å². The Bertz CT molecular complexity index is 366. The van der Waals surface area contributed by atoms with Gasteiger partial charge < -0.3 is 5.11 Å². The molecule has 0 aliphatic rings. The number of carboxylic acid groups (broad SMARTS) is 1. The summed E-state index contributed by atoms with van der Waals surface area (Å²) in [6.07, 6.45) is 0. The summed E-state index contributed by atoms with van der Waals surface area (Å²) in [5.74, 6) is -1.77. The first-order chi connectivity index (χ1) is 6.50.